The van der Waals surface area contributed by atoms with E-state index in [1.807, 2.05) is 6.07 Å². The Balaban J connectivity index is 2.61. The van der Waals surface area contributed by atoms with Crippen molar-refractivity contribution in [3.05, 3.63) is 45.5 Å². The molecule has 1 N–H and O–H groups in total. The van der Waals surface area contributed by atoms with Crippen molar-refractivity contribution < 1.29 is 5.11 Å². The van der Waals surface area contributed by atoms with Crippen LogP contribution in [0.25, 0.3) is 11.3 Å². The zero-order valence-electron chi connectivity index (χ0n) is 8.48. The molecule has 0 amide bonds. The van der Waals surface area contributed by atoms with E-state index in [9.17, 15) is 5.11 Å². The molecule has 3 nitrogen and oxygen atoms in total. The number of nitrogens with zero attached hydrogens (tertiary/aromatic N) is 2. The van der Waals surface area contributed by atoms with Gasteiger partial charge in [-0.2, -0.15) is 5.26 Å². The number of pyridine rings is 1. The lowest BCUT2D eigenvalue weighted by Crippen LogP contribution is -1.90. The molecule has 0 unspecified atom stereocenters. The van der Waals surface area contributed by atoms with E-state index in [0.29, 0.717) is 15.7 Å². The summed E-state index contributed by atoms with van der Waals surface area (Å²) in [5.74, 6) is 0.150. The number of aromatic nitrogens is 1. The predicted octanol–water partition coefficient (Wildman–Crippen LogP) is 3.74. The number of halogens is 2. The lowest BCUT2D eigenvalue weighted by atomic mass is 10.1. The highest BCUT2D eigenvalue weighted by Gasteiger charge is 2.10. The molecule has 0 atom stereocenters. The van der Waals surface area contributed by atoms with Crippen molar-refractivity contribution in [2.45, 2.75) is 0 Å². The largest absolute Gasteiger partial charge is 0.508 e. The van der Waals surface area contributed by atoms with Gasteiger partial charge in [0.05, 0.1) is 11.3 Å². The second-order valence-corrected chi connectivity index (χ2v) is 4.53. The van der Waals surface area contributed by atoms with Crippen LogP contribution in [0.5, 0.6) is 5.75 Å². The third-order valence-electron chi connectivity index (χ3n) is 2.17. The first-order chi connectivity index (χ1) is 8.11. The molecule has 0 bridgehead atoms. The van der Waals surface area contributed by atoms with Gasteiger partial charge in [-0.15, -0.1) is 0 Å². The minimum absolute atomic E-state index is 0.147. The van der Waals surface area contributed by atoms with Crippen LogP contribution in [0.2, 0.25) is 5.15 Å². The molecular weight excluding hydrogens is 304 g/mol. The molecule has 0 saturated carbocycles. The van der Waals surface area contributed by atoms with Crippen LogP contribution >= 0.6 is 27.5 Å². The Labute approximate surface area is 111 Å². The van der Waals surface area contributed by atoms with Crippen molar-refractivity contribution in [3.63, 3.8) is 0 Å². The fraction of sp³-hybridized carbons (Fsp3) is 0. The van der Waals surface area contributed by atoms with Crippen LogP contribution in [-0.4, -0.2) is 10.1 Å². The maximum Gasteiger partial charge on any atom is 0.147 e. The zero-order valence-corrected chi connectivity index (χ0v) is 10.8. The molecule has 17 heavy (non-hydrogen) atoms. The van der Waals surface area contributed by atoms with Crippen molar-refractivity contribution in [3.8, 4) is 23.1 Å². The molecule has 1 heterocycles. The minimum Gasteiger partial charge on any atom is -0.508 e. The SMILES string of the molecule is N#Cc1cc(Br)c(-c2cccc(O)c2)nc1Cl. The molecule has 0 fully saturated rings. The van der Waals surface area contributed by atoms with Crippen LogP contribution in [0, 0.1) is 11.3 Å². The molecule has 1 aromatic carbocycles. The van der Waals surface area contributed by atoms with Crippen molar-refractivity contribution in [2.24, 2.45) is 0 Å². The Morgan fingerprint density at radius 1 is 1.35 bits per heavy atom. The smallest absolute Gasteiger partial charge is 0.147 e. The number of phenolic OH excluding ortho intramolecular Hbond substituents is 1. The van der Waals surface area contributed by atoms with E-state index in [4.69, 9.17) is 16.9 Å². The topological polar surface area (TPSA) is 56.9 Å². The number of aromatic hydroxyl groups is 1. The average molecular weight is 310 g/mol. The minimum atomic E-state index is 0.147. The number of phenols is 1. The van der Waals surface area contributed by atoms with Gasteiger partial charge in [0.1, 0.15) is 17.0 Å². The Kier molecular flexibility index (Phi) is 3.32. The highest BCUT2D eigenvalue weighted by Crippen LogP contribution is 2.31. The Morgan fingerprint density at radius 2 is 2.12 bits per heavy atom. The predicted molar refractivity (Wildman–Crippen MR) is 68.8 cm³/mol. The highest BCUT2D eigenvalue weighted by molar-refractivity contribution is 9.10. The van der Waals surface area contributed by atoms with Crippen LogP contribution < -0.4 is 0 Å². The first-order valence-electron chi connectivity index (χ1n) is 4.67. The van der Waals surface area contributed by atoms with Crippen LogP contribution in [0.1, 0.15) is 5.56 Å². The number of hydrogen-bond donors (Lipinski definition) is 1. The molecule has 84 valence electrons. The van der Waals surface area contributed by atoms with Gasteiger partial charge >= 0.3 is 0 Å². The van der Waals surface area contributed by atoms with E-state index in [1.54, 1.807) is 30.3 Å². The Morgan fingerprint density at radius 3 is 2.76 bits per heavy atom. The van der Waals surface area contributed by atoms with Gasteiger partial charge in [-0.05, 0) is 34.1 Å². The molecule has 0 spiro atoms. The summed E-state index contributed by atoms with van der Waals surface area (Å²) in [5.41, 5.74) is 1.62. The Bertz CT molecular complexity index is 622. The second kappa shape index (κ2) is 4.74. The first-order valence-corrected chi connectivity index (χ1v) is 5.84. The quantitative estimate of drug-likeness (QED) is 0.816. The molecule has 1 aromatic heterocycles. The summed E-state index contributed by atoms with van der Waals surface area (Å²) < 4.78 is 0.657. The molecular formula is C12H6BrClN2O. The fourth-order valence-corrected chi connectivity index (χ4v) is 2.13. The summed E-state index contributed by atoms with van der Waals surface area (Å²) in [6.07, 6.45) is 0. The summed E-state index contributed by atoms with van der Waals surface area (Å²) in [4.78, 5) is 4.14. The number of hydrogen-bond acceptors (Lipinski definition) is 3. The van der Waals surface area contributed by atoms with Crippen LogP contribution in [0.15, 0.2) is 34.8 Å². The third-order valence-corrected chi connectivity index (χ3v) is 3.06. The highest BCUT2D eigenvalue weighted by atomic mass is 79.9. The average Bonchev–Trinajstić information content (AvgIpc) is 2.31. The Hall–Kier alpha value is -1.57. The maximum atomic E-state index is 9.41. The van der Waals surface area contributed by atoms with Crippen LogP contribution in [0.4, 0.5) is 0 Å². The van der Waals surface area contributed by atoms with Gasteiger partial charge in [0, 0.05) is 10.0 Å². The van der Waals surface area contributed by atoms with E-state index in [1.165, 1.54) is 0 Å². The lowest BCUT2D eigenvalue weighted by Gasteiger charge is -2.06. The standard InChI is InChI=1S/C12H6BrClN2O/c13-10-5-8(6-15)12(14)16-11(10)7-2-1-3-9(17)4-7/h1-5,17H. The van der Waals surface area contributed by atoms with Gasteiger partial charge in [0.25, 0.3) is 0 Å². The van der Waals surface area contributed by atoms with Gasteiger partial charge < -0.3 is 5.11 Å². The molecule has 0 saturated heterocycles. The number of rotatable bonds is 1. The molecule has 5 heteroatoms. The van der Waals surface area contributed by atoms with Gasteiger partial charge in [-0.25, -0.2) is 4.98 Å². The summed E-state index contributed by atoms with van der Waals surface area (Å²) in [5, 5.41) is 18.4. The van der Waals surface area contributed by atoms with Crippen molar-refractivity contribution >= 4 is 27.5 Å². The van der Waals surface area contributed by atoms with Gasteiger partial charge in [-0.1, -0.05) is 23.7 Å². The van der Waals surface area contributed by atoms with Crippen LogP contribution in [0.3, 0.4) is 0 Å². The van der Waals surface area contributed by atoms with Crippen molar-refractivity contribution in [1.29, 1.82) is 5.26 Å². The summed E-state index contributed by atoms with van der Waals surface area (Å²) in [6.45, 7) is 0. The monoisotopic (exact) mass is 308 g/mol. The van der Waals surface area contributed by atoms with E-state index in [-0.39, 0.29) is 10.9 Å². The number of nitriles is 1. The molecule has 0 aliphatic rings. The van der Waals surface area contributed by atoms with E-state index in [0.717, 1.165) is 5.56 Å². The summed E-state index contributed by atoms with van der Waals surface area (Å²) in [6, 6.07) is 10.2. The first kappa shape index (κ1) is 11.9. The van der Waals surface area contributed by atoms with Gasteiger partial charge in [0.2, 0.25) is 0 Å². The molecule has 0 aliphatic heterocycles. The van der Waals surface area contributed by atoms with E-state index >= 15 is 0 Å². The normalized spacial score (nSPS) is 9.94. The fourth-order valence-electron chi connectivity index (χ4n) is 1.40. The van der Waals surface area contributed by atoms with Gasteiger partial charge in [0.15, 0.2) is 0 Å². The van der Waals surface area contributed by atoms with Crippen molar-refractivity contribution in [2.75, 3.05) is 0 Å². The number of benzene rings is 1. The van der Waals surface area contributed by atoms with E-state index < -0.39 is 0 Å². The van der Waals surface area contributed by atoms with Crippen molar-refractivity contribution in [1.82, 2.24) is 4.98 Å². The second-order valence-electron chi connectivity index (χ2n) is 3.32. The summed E-state index contributed by atoms with van der Waals surface area (Å²) >= 11 is 9.20. The molecule has 0 aliphatic carbocycles. The summed E-state index contributed by atoms with van der Waals surface area (Å²) in [7, 11) is 0. The lowest BCUT2D eigenvalue weighted by molar-refractivity contribution is 0.475. The van der Waals surface area contributed by atoms with Gasteiger partial charge in [-0.3, -0.25) is 0 Å². The van der Waals surface area contributed by atoms with E-state index in [2.05, 4.69) is 20.9 Å². The molecule has 0 radical (unpaired) electrons. The maximum absolute atomic E-state index is 9.41. The zero-order chi connectivity index (χ0) is 12.4. The third kappa shape index (κ3) is 2.41. The molecule has 2 rings (SSSR count). The molecule has 2 aromatic rings. The van der Waals surface area contributed by atoms with Crippen LogP contribution in [-0.2, 0) is 0 Å².